The van der Waals surface area contributed by atoms with E-state index in [1.54, 1.807) is 0 Å². The molecule has 0 aliphatic carbocycles. The van der Waals surface area contributed by atoms with Gasteiger partial charge in [0.2, 0.25) is 5.91 Å². The molecule has 1 fully saturated rings. The van der Waals surface area contributed by atoms with E-state index in [1.807, 2.05) is 32.0 Å². The third-order valence-corrected chi connectivity index (χ3v) is 5.58. The number of carbonyl (C=O) groups is 2. The zero-order valence-electron chi connectivity index (χ0n) is 18.7. The van der Waals surface area contributed by atoms with Crippen LogP contribution in [0.15, 0.2) is 18.2 Å². The zero-order chi connectivity index (χ0) is 21.2. The lowest BCUT2D eigenvalue weighted by Gasteiger charge is -2.33. The minimum atomic E-state index is -0.0794. The predicted molar refractivity (Wildman–Crippen MR) is 122 cm³/mol. The number of unbranched alkanes of at least 4 members (excludes halogenated alkanes) is 4. The first-order valence-electron chi connectivity index (χ1n) is 11.4. The molecule has 2 rings (SSSR count). The minimum Gasteiger partial charge on any atom is -0.371 e. The molecule has 29 heavy (non-hydrogen) atoms. The molecule has 162 valence electrons. The first kappa shape index (κ1) is 23.2. The van der Waals surface area contributed by atoms with Gasteiger partial charge >= 0.3 is 0 Å². The fraction of sp³-hybridized carbons (Fsp3) is 0.667. The summed E-state index contributed by atoms with van der Waals surface area (Å²) in [5.41, 5.74) is 2.31. The Bertz CT molecular complexity index is 664. The molecule has 1 aliphatic heterocycles. The first-order chi connectivity index (χ1) is 13.9. The minimum absolute atomic E-state index is 0.0243. The Balaban J connectivity index is 2.08. The van der Waals surface area contributed by atoms with Gasteiger partial charge in [0.1, 0.15) is 0 Å². The average molecular weight is 402 g/mol. The Morgan fingerprint density at radius 1 is 1.10 bits per heavy atom. The number of hydrogen-bond donors (Lipinski definition) is 2. The molecule has 0 radical (unpaired) electrons. The van der Waals surface area contributed by atoms with Crippen LogP contribution in [0.5, 0.6) is 0 Å². The summed E-state index contributed by atoms with van der Waals surface area (Å²) in [6.07, 6.45) is 8.44. The molecule has 0 bridgehead atoms. The van der Waals surface area contributed by atoms with Crippen LogP contribution < -0.4 is 15.5 Å². The maximum atomic E-state index is 12.8. The van der Waals surface area contributed by atoms with E-state index in [2.05, 4.69) is 29.4 Å². The Labute approximate surface area is 176 Å². The second-order valence-electron chi connectivity index (χ2n) is 8.74. The highest BCUT2D eigenvalue weighted by Gasteiger charge is 2.22. The van der Waals surface area contributed by atoms with Crippen molar-refractivity contribution in [1.29, 1.82) is 0 Å². The van der Waals surface area contributed by atoms with Crippen LogP contribution in [0.4, 0.5) is 11.4 Å². The molecule has 0 unspecified atom stereocenters. The van der Waals surface area contributed by atoms with Gasteiger partial charge in [-0.25, -0.2) is 0 Å². The van der Waals surface area contributed by atoms with Crippen LogP contribution in [0.1, 0.15) is 89.4 Å². The smallest absolute Gasteiger partial charge is 0.253 e. The van der Waals surface area contributed by atoms with Crippen molar-refractivity contribution in [2.24, 2.45) is 5.92 Å². The molecule has 0 atom stereocenters. The Hall–Kier alpha value is -2.04. The molecule has 1 aromatic rings. The normalized spacial score (nSPS) is 14.9. The number of rotatable bonds is 10. The summed E-state index contributed by atoms with van der Waals surface area (Å²) in [6.45, 7) is 10.3. The van der Waals surface area contributed by atoms with Crippen molar-refractivity contribution in [1.82, 2.24) is 5.32 Å². The highest BCUT2D eigenvalue weighted by molar-refractivity contribution is 6.02. The van der Waals surface area contributed by atoms with E-state index >= 15 is 0 Å². The molecule has 2 N–H and O–H groups in total. The monoisotopic (exact) mass is 401 g/mol. The second kappa shape index (κ2) is 11.8. The number of benzene rings is 1. The Kier molecular flexibility index (Phi) is 9.49. The number of piperidine rings is 1. The highest BCUT2D eigenvalue weighted by atomic mass is 16.2. The van der Waals surface area contributed by atoms with Gasteiger partial charge in [-0.2, -0.15) is 0 Å². The molecule has 0 aromatic heterocycles. The van der Waals surface area contributed by atoms with Gasteiger partial charge in [-0.15, -0.1) is 0 Å². The Morgan fingerprint density at radius 2 is 1.79 bits per heavy atom. The molecule has 5 nitrogen and oxygen atoms in total. The van der Waals surface area contributed by atoms with Crippen molar-refractivity contribution in [3.8, 4) is 0 Å². The topological polar surface area (TPSA) is 61.4 Å². The van der Waals surface area contributed by atoms with Gasteiger partial charge in [0, 0.05) is 36.9 Å². The molecule has 0 spiro atoms. The summed E-state index contributed by atoms with van der Waals surface area (Å²) in [7, 11) is 0. The number of carbonyl (C=O) groups excluding carboxylic acids is 2. The van der Waals surface area contributed by atoms with Crippen LogP contribution in [0.3, 0.4) is 0 Å². The molecular weight excluding hydrogens is 362 g/mol. The number of nitrogens with one attached hydrogen (secondary N) is 2. The van der Waals surface area contributed by atoms with Crippen molar-refractivity contribution in [2.75, 3.05) is 23.3 Å². The van der Waals surface area contributed by atoms with Crippen LogP contribution in [-0.4, -0.2) is 30.9 Å². The lowest BCUT2D eigenvalue weighted by Crippen LogP contribution is -2.36. The highest BCUT2D eigenvalue weighted by Crippen LogP contribution is 2.29. The summed E-state index contributed by atoms with van der Waals surface area (Å²) < 4.78 is 0. The zero-order valence-corrected chi connectivity index (χ0v) is 18.7. The van der Waals surface area contributed by atoms with Crippen molar-refractivity contribution in [2.45, 2.75) is 85.1 Å². The van der Waals surface area contributed by atoms with E-state index in [4.69, 9.17) is 0 Å². The van der Waals surface area contributed by atoms with E-state index in [-0.39, 0.29) is 17.9 Å². The van der Waals surface area contributed by atoms with Gasteiger partial charge in [-0.05, 0) is 57.2 Å². The fourth-order valence-corrected chi connectivity index (χ4v) is 3.77. The summed E-state index contributed by atoms with van der Waals surface area (Å²) in [5.74, 6) is 0.677. The largest absolute Gasteiger partial charge is 0.371 e. The van der Waals surface area contributed by atoms with Crippen LogP contribution in [-0.2, 0) is 4.79 Å². The molecular formula is C24H39N3O2. The van der Waals surface area contributed by atoms with Crippen LogP contribution in [0.2, 0.25) is 0 Å². The predicted octanol–water partition coefficient (Wildman–Crippen LogP) is 5.36. The van der Waals surface area contributed by atoms with E-state index < -0.39 is 0 Å². The summed E-state index contributed by atoms with van der Waals surface area (Å²) in [4.78, 5) is 27.4. The average Bonchev–Trinajstić information content (AvgIpc) is 2.68. The van der Waals surface area contributed by atoms with Crippen LogP contribution >= 0.6 is 0 Å². The number of amides is 2. The number of hydrogen-bond acceptors (Lipinski definition) is 3. The van der Waals surface area contributed by atoms with Gasteiger partial charge in [0.15, 0.2) is 0 Å². The lowest BCUT2D eigenvalue weighted by molar-refractivity contribution is -0.116. The molecule has 5 heteroatoms. The molecule has 2 amide bonds. The summed E-state index contributed by atoms with van der Waals surface area (Å²) >= 11 is 0. The SMILES string of the molecule is CCCCCCCC(=O)Nc1ccc(N2CCC(C)CC2)c(C(=O)NC(C)C)c1. The van der Waals surface area contributed by atoms with Crippen molar-refractivity contribution in [3.63, 3.8) is 0 Å². The molecule has 1 heterocycles. The van der Waals surface area contributed by atoms with Crippen LogP contribution in [0.25, 0.3) is 0 Å². The standard InChI is InChI=1S/C24H39N3O2/c1-5-6-7-8-9-10-23(28)26-20-11-12-22(27-15-13-19(4)14-16-27)21(17-20)24(29)25-18(2)3/h11-12,17-19H,5-10,13-16H2,1-4H3,(H,25,29)(H,26,28). The van der Waals surface area contributed by atoms with Crippen molar-refractivity contribution < 1.29 is 9.59 Å². The summed E-state index contributed by atoms with van der Waals surface area (Å²) in [5, 5.41) is 5.98. The van der Waals surface area contributed by atoms with Crippen molar-refractivity contribution in [3.05, 3.63) is 23.8 Å². The van der Waals surface area contributed by atoms with Gasteiger partial charge in [0.25, 0.3) is 5.91 Å². The Morgan fingerprint density at radius 3 is 2.45 bits per heavy atom. The molecule has 1 aromatic carbocycles. The van der Waals surface area contributed by atoms with E-state index in [9.17, 15) is 9.59 Å². The molecule has 1 saturated heterocycles. The van der Waals surface area contributed by atoms with E-state index in [1.165, 1.54) is 19.3 Å². The summed E-state index contributed by atoms with van der Waals surface area (Å²) in [6, 6.07) is 5.81. The second-order valence-corrected chi connectivity index (χ2v) is 8.74. The van der Waals surface area contributed by atoms with Crippen molar-refractivity contribution >= 4 is 23.2 Å². The third kappa shape index (κ3) is 7.71. The molecule has 1 aliphatic rings. The van der Waals surface area contributed by atoms with E-state index in [0.29, 0.717) is 17.7 Å². The lowest BCUT2D eigenvalue weighted by atomic mass is 9.97. The van der Waals surface area contributed by atoms with Gasteiger partial charge in [-0.3, -0.25) is 9.59 Å². The van der Waals surface area contributed by atoms with E-state index in [0.717, 1.165) is 50.4 Å². The molecule has 0 saturated carbocycles. The van der Waals surface area contributed by atoms with Gasteiger partial charge in [-0.1, -0.05) is 39.5 Å². The fourth-order valence-electron chi connectivity index (χ4n) is 3.77. The first-order valence-corrected chi connectivity index (χ1v) is 11.4. The van der Waals surface area contributed by atoms with Crippen LogP contribution in [0, 0.1) is 5.92 Å². The third-order valence-electron chi connectivity index (χ3n) is 5.58. The van der Waals surface area contributed by atoms with Gasteiger partial charge in [0.05, 0.1) is 5.56 Å². The maximum Gasteiger partial charge on any atom is 0.253 e. The maximum absolute atomic E-state index is 12.8. The number of nitrogens with zero attached hydrogens (tertiary/aromatic N) is 1. The number of anilines is 2. The quantitative estimate of drug-likeness (QED) is 0.519. The van der Waals surface area contributed by atoms with Gasteiger partial charge < -0.3 is 15.5 Å².